The Morgan fingerprint density at radius 1 is 1.21 bits per heavy atom. The molecular weight excluding hydrogens is 374 g/mol. The minimum atomic E-state index is -0.112. The first-order valence-corrected chi connectivity index (χ1v) is 9.59. The summed E-state index contributed by atoms with van der Waals surface area (Å²) in [7, 11) is 8.87. The van der Waals surface area contributed by atoms with Crippen molar-refractivity contribution in [3.8, 4) is 0 Å². The molecule has 1 aliphatic rings. The van der Waals surface area contributed by atoms with Crippen molar-refractivity contribution in [1.82, 2.24) is 34.2 Å². The van der Waals surface area contributed by atoms with Crippen molar-refractivity contribution in [2.75, 3.05) is 68.1 Å². The fourth-order valence-electron chi connectivity index (χ4n) is 3.42. The van der Waals surface area contributed by atoms with Crippen LogP contribution in [0.2, 0.25) is 0 Å². The van der Waals surface area contributed by atoms with Gasteiger partial charge in [-0.05, 0) is 19.2 Å². The Bertz CT molecular complexity index is 882. The maximum atomic E-state index is 12.7. The molecule has 10 heteroatoms. The lowest BCUT2D eigenvalue weighted by molar-refractivity contribution is 0.0743. The van der Waals surface area contributed by atoms with Crippen LogP contribution in [0.15, 0.2) is 18.3 Å². The summed E-state index contributed by atoms with van der Waals surface area (Å²) >= 11 is 0. The number of carbonyl (C=O) groups is 2. The van der Waals surface area contributed by atoms with Crippen LogP contribution in [0.4, 0.5) is 4.79 Å². The predicted octanol–water partition coefficient (Wildman–Crippen LogP) is 0.418. The van der Waals surface area contributed by atoms with Gasteiger partial charge in [0.2, 0.25) is 0 Å². The summed E-state index contributed by atoms with van der Waals surface area (Å²) in [6.07, 6.45) is 1.77. The van der Waals surface area contributed by atoms with Crippen molar-refractivity contribution in [3.05, 3.63) is 29.7 Å². The van der Waals surface area contributed by atoms with Crippen molar-refractivity contribution in [2.45, 2.75) is 6.04 Å². The van der Waals surface area contributed by atoms with E-state index < -0.39 is 0 Å². The second-order valence-electron chi connectivity index (χ2n) is 7.54. The fourth-order valence-corrected chi connectivity index (χ4v) is 3.42. The third kappa shape index (κ3) is 4.33. The van der Waals surface area contributed by atoms with Crippen LogP contribution in [0.25, 0.3) is 5.65 Å². The van der Waals surface area contributed by atoms with Crippen molar-refractivity contribution in [1.29, 1.82) is 0 Å². The van der Waals surface area contributed by atoms with Crippen LogP contribution in [0.5, 0.6) is 0 Å². The van der Waals surface area contributed by atoms with E-state index in [2.05, 4.69) is 15.1 Å². The lowest BCUT2D eigenvalue weighted by Crippen LogP contribution is -2.52. The summed E-state index contributed by atoms with van der Waals surface area (Å²) in [6.45, 7) is 2.90. The Labute approximate surface area is 170 Å². The molecule has 0 saturated carbocycles. The van der Waals surface area contributed by atoms with E-state index >= 15 is 0 Å². The number of carbonyl (C=O) groups excluding carboxylic acids is 2. The molecule has 0 N–H and O–H groups in total. The summed E-state index contributed by atoms with van der Waals surface area (Å²) in [5.74, 6) is 0.623. The number of likely N-dealkylation sites (N-methyl/N-ethyl adjacent to an activating group) is 2. The Balaban J connectivity index is 1.89. The van der Waals surface area contributed by atoms with E-state index in [9.17, 15) is 9.59 Å². The average Bonchev–Trinajstić information content (AvgIpc) is 3.14. The molecule has 1 aliphatic heterocycles. The zero-order chi connectivity index (χ0) is 21.1. The number of piperazine rings is 1. The average molecular weight is 403 g/mol. The second kappa shape index (κ2) is 8.75. The number of hydrogen-bond acceptors (Lipinski definition) is 6. The quantitative estimate of drug-likeness (QED) is 0.719. The highest BCUT2D eigenvalue weighted by atomic mass is 16.5. The van der Waals surface area contributed by atoms with Gasteiger partial charge in [0.15, 0.2) is 11.5 Å². The minimum Gasteiger partial charge on any atom is -0.383 e. The molecule has 10 nitrogen and oxygen atoms in total. The molecule has 0 unspecified atom stereocenters. The summed E-state index contributed by atoms with van der Waals surface area (Å²) < 4.78 is 6.90. The standard InChI is InChI=1S/C19H29N7O3/c1-22(2)19(28)25-9-8-23(3)15(13-25)17-21-20-16-7-6-14(12-26(16)17)18(27)24(4)10-11-29-5/h6-7,12,15H,8-11,13H2,1-5H3/t15-/m0/s1. The Kier molecular flexibility index (Phi) is 6.33. The highest BCUT2D eigenvalue weighted by Crippen LogP contribution is 2.24. The molecule has 3 rings (SSSR count). The van der Waals surface area contributed by atoms with E-state index in [0.29, 0.717) is 43.3 Å². The smallest absolute Gasteiger partial charge is 0.319 e. The van der Waals surface area contributed by atoms with E-state index in [1.807, 2.05) is 16.3 Å². The summed E-state index contributed by atoms with van der Waals surface area (Å²) in [5.41, 5.74) is 1.22. The van der Waals surface area contributed by atoms with Crippen LogP contribution >= 0.6 is 0 Å². The zero-order valence-electron chi connectivity index (χ0n) is 17.7. The molecular formula is C19H29N7O3. The summed E-state index contributed by atoms with van der Waals surface area (Å²) in [5, 5.41) is 8.63. The van der Waals surface area contributed by atoms with Crippen LogP contribution in [0.3, 0.4) is 0 Å². The first-order valence-electron chi connectivity index (χ1n) is 9.59. The van der Waals surface area contributed by atoms with Crippen LogP contribution in [0.1, 0.15) is 22.2 Å². The van der Waals surface area contributed by atoms with Crippen LogP contribution in [-0.4, -0.2) is 114 Å². The molecule has 2 aromatic rings. The Morgan fingerprint density at radius 2 is 1.97 bits per heavy atom. The van der Waals surface area contributed by atoms with Crippen LogP contribution < -0.4 is 0 Å². The molecule has 158 valence electrons. The Hall–Kier alpha value is -2.72. The first kappa shape index (κ1) is 21.0. The molecule has 1 saturated heterocycles. The number of ether oxygens (including phenoxy) is 1. The molecule has 0 bridgehead atoms. The summed E-state index contributed by atoms with van der Waals surface area (Å²) in [6, 6.07) is 3.41. The van der Waals surface area contributed by atoms with Gasteiger partial charge in [0.25, 0.3) is 5.91 Å². The number of hydrogen-bond donors (Lipinski definition) is 0. The third-order valence-corrected chi connectivity index (χ3v) is 5.25. The maximum absolute atomic E-state index is 12.7. The molecule has 0 aromatic carbocycles. The van der Waals surface area contributed by atoms with Crippen molar-refractivity contribution < 1.29 is 14.3 Å². The maximum Gasteiger partial charge on any atom is 0.319 e. The van der Waals surface area contributed by atoms with Crippen LogP contribution in [0, 0.1) is 0 Å². The van der Waals surface area contributed by atoms with E-state index in [0.717, 1.165) is 6.54 Å². The van der Waals surface area contributed by atoms with Gasteiger partial charge in [-0.25, -0.2) is 4.79 Å². The lowest BCUT2D eigenvalue weighted by atomic mass is 10.1. The van der Waals surface area contributed by atoms with Crippen molar-refractivity contribution >= 4 is 17.6 Å². The third-order valence-electron chi connectivity index (χ3n) is 5.25. The molecule has 0 aliphatic carbocycles. The van der Waals surface area contributed by atoms with E-state index in [1.54, 1.807) is 56.4 Å². The minimum absolute atomic E-state index is 0.0208. The normalized spacial score (nSPS) is 17.6. The van der Waals surface area contributed by atoms with Gasteiger partial charge < -0.3 is 19.4 Å². The van der Waals surface area contributed by atoms with Gasteiger partial charge in [-0.2, -0.15) is 0 Å². The van der Waals surface area contributed by atoms with Crippen LogP contribution in [-0.2, 0) is 4.74 Å². The van der Waals surface area contributed by atoms with Gasteiger partial charge in [-0.3, -0.25) is 14.1 Å². The van der Waals surface area contributed by atoms with Gasteiger partial charge in [-0.1, -0.05) is 0 Å². The predicted molar refractivity (Wildman–Crippen MR) is 108 cm³/mol. The van der Waals surface area contributed by atoms with Gasteiger partial charge in [-0.15, -0.1) is 10.2 Å². The topological polar surface area (TPSA) is 86.5 Å². The number of nitrogens with zero attached hydrogens (tertiary/aromatic N) is 7. The molecule has 1 atom stereocenters. The van der Waals surface area contributed by atoms with Gasteiger partial charge in [0, 0.05) is 60.6 Å². The largest absolute Gasteiger partial charge is 0.383 e. The molecule has 3 heterocycles. The lowest BCUT2D eigenvalue weighted by Gasteiger charge is -2.39. The van der Waals surface area contributed by atoms with E-state index in [1.165, 1.54) is 0 Å². The molecule has 0 radical (unpaired) electrons. The number of urea groups is 1. The molecule has 3 amide bonds. The summed E-state index contributed by atoms with van der Waals surface area (Å²) in [4.78, 5) is 32.3. The Morgan fingerprint density at radius 3 is 2.66 bits per heavy atom. The number of pyridine rings is 1. The first-order chi connectivity index (χ1) is 13.8. The number of methoxy groups -OCH3 is 1. The molecule has 29 heavy (non-hydrogen) atoms. The van der Waals surface area contributed by atoms with E-state index in [4.69, 9.17) is 4.74 Å². The van der Waals surface area contributed by atoms with Gasteiger partial charge in [0.1, 0.15) is 0 Å². The fraction of sp³-hybridized carbons (Fsp3) is 0.579. The number of rotatable bonds is 5. The molecule has 2 aromatic heterocycles. The van der Waals surface area contributed by atoms with Crippen molar-refractivity contribution in [3.63, 3.8) is 0 Å². The number of fused-ring (bicyclic) bond motifs is 1. The highest BCUT2D eigenvalue weighted by Gasteiger charge is 2.32. The van der Waals surface area contributed by atoms with E-state index in [-0.39, 0.29) is 18.0 Å². The van der Waals surface area contributed by atoms with Gasteiger partial charge in [0.05, 0.1) is 18.2 Å². The number of aromatic nitrogens is 3. The molecule has 1 fully saturated rings. The monoisotopic (exact) mass is 403 g/mol. The van der Waals surface area contributed by atoms with Crippen molar-refractivity contribution in [2.24, 2.45) is 0 Å². The molecule has 0 spiro atoms. The number of amides is 3. The SMILES string of the molecule is COCCN(C)C(=O)c1ccc2nnc([C@@H]3CN(C(=O)N(C)C)CCN3C)n2c1. The zero-order valence-corrected chi connectivity index (χ0v) is 17.7. The second-order valence-corrected chi connectivity index (χ2v) is 7.54. The van der Waals surface area contributed by atoms with Gasteiger partial charge >= 0.3 is 6.03 Å². The highest BCUT2D eigenvalue weighted by molar-refractivity contribution is 5.94.